The highest BCUT2D eigenvalue weighted by Gasteiger charge is 2.37. The first kappa shape index (κ1) is 32.7. The molecule has 4 aromatic carbocycles. The number of nitrogens with zero attached hydrogens (tertiary/aromatic N) is 1. The normalized spacial score (nSPS) is 12.1. The number of aryl methyl sites for hydroxylation is 1. The highest BCUT2D eigenvalue weighted by molar-refractivity contribution is 7.92. The van der Waals surface area contributed by atoms with Crippen LogP contribution in [-0.2, 0) is 33.7 Å². The average Bonchev–Trinajstić information content (AvgIpc) is 2.95. The Balaban J connectivity index is 1.51. The number of rotatable bonds is 9. The van der Waals surface area contributed by atoms with E-state index in [1.54, 1.807) is 36.4 Å². The lowest BCUT2D eigenvalue weighted by Crippen LogP contribution is -2.30. The van der Waals surface area contributed by atoms with E-state index in [0.29, 0.717) is 22.7 Å². The van der Waals surface area contributed by atoms with Gasteiger partial charge in [-0.25, -0.2) is 8.42 Å². The zero-order valence-corrected chi connectivity index (χ0v) is 24.3. The van der Waals surface area contributed by atoms with Gasteiger partial charge in [0, 0.05) is 10.7 Å². The Bertz CT molecular complexity index is 1690. The van der Waals surface area contributed by atoms with Crippen LogP contribution in [-0.4, -0.2) is 20.9 Å². The maximum absolute atomic E-state index is 13.6. The van der Waals surface area contributed by atoms with Crippen molar-refractivity contribution < 1.29 is 44.3 Å². The number of benzene rings is 4. The highest BCUT2D eigenvalue weighted by atomic mass is 35.5. The number of carbonyl (C=O) groups is 1. The molecule has 0 bridgehead atoms. The minimum atomic E-state index is -5.08. The molecule has 1 N–H and O–H groups in total. The van der Waals surface area contributed by atoms with Crippen LogP contribution < -0.4 is 14.4 Å². The number of alkyl halides is 6. The standard InChI is InChI=1S/C30H23ClF6N2O4S/c1-19-2-12-27(13-3-19)44(41,42)39(17-20-4-6-23(31)7-5-20)25-8-10-26(11-9-25)43-18-28(40)38-24-15-21(29(32,33)34)14-22(16-24)30(35,36)37/h2-16H,17-18H2,1H3,(H,38,40). The molecule has 0 radical (unpaired) electrons. The molecule has 0 fully saturated rings. The number of halogens is 7. The predicted octanol–water partition coefficient (Wildman–Crippen LogP) is 8.10. The lowest BCUT2D eigenvalue weighted by molar-refractivity contribution is -0.143. The van der Waals surface area contributed by atoms with E-state index < -0.39 is 51.7 Å². The van der Waals surface area contributed by atoms with E-state index in [0.717, 1.165) is 5.56 Å². The number of amides is 1. The molecule has 4 aromatic rings. The lowest BCUT2D eigenvalue weighted by atomic mass is 10.1. The molecular formula is C30H23ClF6N2O4S. The molecule has 1 amide bonds. The summed E-state index contributed by atoms with van der Waals surface area (Å²) in [5, 5.41) is 2.45. The highest BCUT2D eigenvalue weighted by Crippen LogP contribution is 2.37. The Morgan fingerprint density at radius 3 is 1.89 bits per heavy atom. The van der Waals surface area contributed by atoms with Crippen molar-refractivity contribution in [3.63, 3.8) is 0 Å². The van der Waals surface area contributed by atoms with Crippen molar-refractivity contribution in [2.24, 2.45) is 0 Å². The monoisotopic (exact) mass is 656 g/mol. The van der Waals surface area contributed by atoms with Gasteiger partial charge in [0.2, 0.25) is 0 Å². The van der Waals surface area contributed by atoms with E-state index in [9.17, 15) is 39.6 Å². The van der Waals surface area contributed by atoms with Crippen LogP contribution in [0.15, 0.2) is 95.9 Å². The summed E-state index contributed by atoms with van der Waals surface area (Å²) in [6.07, 6.45) is -10.2. The van der Waals surface area contributed by atoms with E-state index in [2.05, 4.69) is 0 Å². The molecule has 0 unspecified atom stereocenters. The Morgan fingerprint density at radius 1 is 0.818 bits per heavy atom. The maximum Gasteiger partial charge on any atom is 0.416 e. The van der Waals surface area contributed by atoms with Crippen LogP contribution in [0.25, 0.3) is 0 Å². The average molecular weight is 657 g/mol. The smallest absolute Gasteiger partial charge is 0.416 e. The van der Waals surface area contributed by atoms with Crippen molar-refractivity contribution in [2.45, 2.75) is 30.7 Å². The minimum Gasteiger partial charge on any atom is -0.484 e. The van der Waals surface area contributed by atoms with Crippen molar-refractivity contribution in [2.75, 3.05) is 16.2 Å². The fourth-order valence-electron chi connectivity index (χ4n) is 3.99. The molecule has 0 aliphatic carbocycles. The maximum atomic E-state index is 13.6. The summed E-state index contributed by atoms with van der Waals surface area (Å²) in [5.41, 5.74) is -2.11. The van der Waals surface area contributed by atoms with E-state index in [4.69, 9.17) is 16.3 Å². The summed E-state index contributed by atoms with van der Waals surface area (Å²) >= 11 is 5.97. The van der Waals surface area contributed by atoms with Gasteiger partial charge in [-0.05, 0) is 79.2 Å². The summed E-state index contributed by atoms with van der Waals surface area (Å²) in [5.74, 6) is -0.934. The number of ether oxygens (including phenoxy) is 1. The molecule has 0 spiro atoms. The van der Waals surface area contributed by atoms with Crippen LogP contribution >= 0.6 is 11.6 Å². The molecule has 0 aliphatic rings. The summed E-state index contributed by atoms with van der Waals surface area (Å²) in [7, 11) is -4.05. The second-order valence-electron chi connectivity index (χ2n) is 9.58. The van der Waals surface area contributed by atoms with Crippen LogP contribution in [0.5, 0.6) is 5.75 Å². The third-order valence-electron chi connectivity index (χ3n) is 6.21. The molecule has 6 nitrogen and oxygen atoms in total. The van der Waals surface area contributed by atoms with E-state index in [1.807, 2.05) is 12.2 Å². The fraction of sp³-hybridized carbons (Fsp3) is 0.167. The van der Waals surface area contributed by atoms with Crippen molar-refractivity contribution in [3.8, 4) is 5.75 Å². The van der Waals surface area contributed by atoms with Crippen LogP contribution in [0, 0.1) is 6.92 Å². The van der Waals surface area contributed by atoms with Gasteiger partial charge in [0.25, 0.3) is 15.9 Å². The summed E-state index contributed by atoms with van der Waals surface area (Å²) in [6.45, 7) is 1.01. The number of anilines is 2. The largest absolute Gasteiger partial charge is 0.484 e. The minimum absolute atomic E-state index is 0.0487. The lowest BCUT2D eigenvalue weighted by Gasteiger charge is -2.25. The number of sulfonamides is 1. The van der Waals surface area contributed by atoms with Crippen molar-refractivity contribution in [1.29, 1.82) is 0 Å². The molecule has 232 valence electrons. The van der Waals surface area contributed by atoms with Crippen LogP contribution in [0.4, 0.5) is 37.7 Å². The third kappa shape index (κ3) is 8.23. The first-order valence-electron chi connectivity index (χ1n) is 12.7. The van der Waals surface area contributed by atoms with Gasteiger partial charge in [0.05, 0.1) is 28.3 Å². The van der Waals surface area contributed by atoms with Gasteiger partial charge in [-0.3, -0.25) is 9.10 Å². The van der Waals surface area contributed by atoms with Gasteiger partial charge in [0.1, 0.15) is 5.75 Å². The van der Waals surface area contributed by atoms with Crippen molar-refractivity contribution >= 4 is 38.9 Å². The molecule has 0 saturated heterocycles. The molecule has 0 heterocycles. The van der Waals surface area contributed by atoms with E-state index in [-0.39, 0.29) is 28.9 Å². The van der Waals surface area contributed by atoms with Crippen LogP contribution in [0.1, 0.15) is 22.3 Å². The Hall–Kier alpha value is -4.23. The molecule has 0 aliphatic heterocycles. The number of hydrogen-bond acceptors (Lipinski definition) is 4. The van der Waals surface area contributed by atoms with Crippen LogP contribution in [0.3, 0.4) is 0 Å². The van der Waals surface area contributed by atoms with Crippen LogP contribution in [0.2, 0.25) is 5.02 Å². The summed E-state index contributed by atoms with van der Waals surface area (Å²) in [6, 6.07) is 19.2. The first-order valence-corrected chi connectivity index (χ1v) is 14.5. The van der Waals surface area contributed by atoms with Crippen molar-refractivity contribution in [3.05, 3.63) is 118 Å². The zero-order chi connectivity index (χ0) is 32.3. The molecule has 0 aromatic heterocycles. The third-order valence-corrected chi connectivity index (χ3v) is 8.25. The van der Waals surface area contributed by atoms with Gasteiger partial charge in [-0.2, -0.15) is 26.3 Å². The first-order chi connectivity index (χ1) is 20.5. The number of carbonyl (C=O) groups excluding carboxylic acids is 1. The summed E-state index contributed by atoms with van der Waals surface area (Å²) in [4.78, 5) is 12.4. The van der Waals surface area contributed by atoms with Crippen molar-refractivity contribution in [1.82, 2.24) is 0 Å². The number of nitrogens with one attached hydrogen (secondary N) is 1. The van der Waals surface area contributed by atoms with Gasteiger partial charge in [-0.15, -0.1) is 0 Å². The Kier molecular flexibility index (Phi) is 9.50. The fourth-order valence-corrected chi connectivity index (χ4v) is 5.57. The second kappa shape index (κ2) is 12.8. The predicted molar refractivity (Wildman–Crippen MR) is 153 cm³/mol. The Labute approximate surface area is 253 Å². The molecular weight excluding hydrogens is 634 g/mol. The SMILES string of the molecule is Cc1ccc(S(=O)(=O)N(Cc2ccc(Cl)cc2)c2ccc(OCC(=O)Nc3cc(C(F)(F)F)cc(C(F)(F)F)c3)cc2)cc1. The second-order valence-corrected chi connectivity index (χ2v) is 11.9. The Morgan fingerprint density at radius 2 is 1.36 bits per heavy atom. The topological polar surface area (TPSA) is 75.7 Å². The van der Waals surface area contributed by atoms with Gasteiger partial charge < -0.3 is 10.1 Å². The van der Waals surface area contributed by atoms with Gasteiger partial charge in [0.15, 0.2) is 6.61 Å². The number of hydrogen-bond donors (Lipinski definition) is 1. The molecule has 4 rings (SSSR count). The van der Waals surface area contributed by atoms with Gasteiger partial charge in [-0.1, -0.05) is 41.4 Å². The molecule has 14 heteroatoms. The van der Waals surface area contributed by atoms with E-state index >= 15 is 0 Å². The quantitative estimate of drug-likeness (QED) is 0.185. The van der Waals surface area contributed by atoms with E-state index in [1.165, 1.54) is 40.7 Å². The molecule has 0 atom stereocenters. The molecule has 44 heavy (non-hydrogen) atoms. The molecule has 0 saturated carbocycles. The summed E-state index contributed by atoms with van der Waals surface area (Å²) < 4.78 is 112. The zero-order valence-electron chi connectivity index (χ0n) is 22.7. The van der Waals surface area contributed by atoms with Gasteiger partial charge >= 0.3 is 12.4 Å².